The van der Waals surface area contributed by atoms with E-state index in [1.165, 1.54) is 11.1 Å². The van der Waals surface area contributed by atoms with E-state index >= 15 is 0 Å². The molecule has 106 valence electrons. The fraction of sp³-hybridized carbons (Fsp3) is 0.211. The van der Waals surface area contributed by atoms with Crippen LogP contribution in [-0.2, 0) is 0 Å². The molecule has 3 rings (SSSR count). The van der Waals surface area contributed by atoms with E-state index in [0.29, 0.717) is 5.92 Å². The van der Waals surface area contributed by atoms with Crippen LogP contribution in [0, 0.1) is 0 Å². The van der Waals surface area contributed by atoms with E-state index in [0.717, 1.165) is 17.3 Å². The molecule has 0 aliphatic heterocycles. The summed E-state index contributed by atoms with van der Waals surface area (Å²) in [4.78, 5) is 4.43. The first-order valence-electron chi connectivity index (χ1n) is 7.45. The molecule has 0 saturated heterocycles. The summed E-state index contributed by atoms with van der Waals surface area (Å²) in [5, 5.41) is 1.15. The first-order valence-corrected chi connectivity index (χ1v) is 7.45. The lowest BCUT2D eigenvalue weighted by atomic mass is 9.84. The van der Waals surface area contributed by atoms with Crippen molar-refractivity contribution >= 4 is 10.9 Å². The zero-order valence-corrected chi connectivity index (χ0v) is 12.2. The molecule has 0 amide bonds. The van der Waals surface area contributed by atoms with Crippen molar-refractivity contribution in [3.63, 3.8) is 0 Å². The van der Waals surface area contributed by atoms with Gasteiger partial charge in [-0.15, -0.1) is 0 Å². The van der Waals surface area contributed by atoms with Crippen molar-refractivity contribution in [1.82, 2.24) is 4.98 Å². The predicted molar refractivity (Wildman–Crippen MR) is 88.1 cm³/mol. The molecule has 0 aliphatic rings. The van der Waals surface area contributed by atoms with Crippen LogP contribution in [0.1, 0.15) is 36.4 Å². The molecule has 1 aromatic heterocycles. The van der Waals surface area contributed by atoms with Gasteiger partial charge in [0.15, 0.2) is 0 Å². The number of pyridine rings is 1. The maximum atomic E-state index is 6.62. The van der Waals surface area contributed by atoms with Gasteiger partial charge in [0.1, 0.15) is 0 Å². The molecule has 0 radical (unpaired) electrons. The van der Waals surface area contributed by atoms with Crippen LogP contribution in [-0.4, -0.2) is 4.98 Å². The van der Waals surface area contributed by atoms with Gasteiger partial charge >= 0.3 is 0 Å². The fourth-order valence-electron chi connectivity index (χ4n) is 3.03. The van der Waals surface area contributed by atoms with Gasteiger partial charge < -0.3 is 5.73 Å². The number of nitrogens with zero attached hydrogens (tertiary/aromatic N) is 1. The zero-order valence-electron chi connectivity index (χ0n) is 12.2. The third kappa shape index (κ3) is 2.67. The Kier molecular flexibility index (Phi) is 3.98. The maximum absolute atomic E-state index is 6.62. The lowest BCUT2D eigenvalue weighted by molar-refractivity contribution is 0.542. The van der Waals surface area contributed by atoms with Gasteiger partial charge in [0.05, 0.1) is 5.52 Å². The van der Waals surface area contributed by atoms with Crippen molar-refractivity contribution < 1.29 is 0 Å². The quantitative estimate of drug-likeness (QED) is 0.765. The highest BCUT2D eigenvalue weighted by molar-refractivity contribution is 5.82. The van der Waals surface area contributed by atoms with Gasteiger partial charge in [0.2, 0.25) is 0 Å². The van der Waals surface area contributed by atoms with Gasteiger partial charge in [-0.25, -0.2) is 0 Å². The average molecular weight is 276 g/mol. The molecule has 2 atom stereocenters. The number of benzene rings is 2. The Morgan fingerprint density at radius 2 is 1.76 bits per heavy atom. The summed E-state index contributed by atoms with van der Waals surface area (Å²) in [7, 11) is 0. The largest absolute Gasteiger partial charge is 0.323 e. The maximum Gasteiger partial charge on any atom is 0.0705 e. The summed E-state index contributed by atoms with van der Waals surface area (Å²) in [6.07, 6.45) is 2.84. The highest BCUT2D eigenvalue weighted by Gasteiger charge is 2.21. The lowest BCUT2D eigenvalue weighted by Gasteiger charge is -2.24. The minimum absolute atomic E-state index is 0.0229. The molecule has 2 unspecified atom stereocenters. The number of nitrogens with two attached hydrogens (primary N) is 1. The van der Waals surface area contributed by atoms with Crippen molar-refractivity contribution in [2.45, 2.75) is 25.3 Å². The van der Waals surface area contributed by atoms with Gasteiger partial charge in [-0.05, 0) is 29.7 Å². The van der Waals surface area contributed by atoms with Gasteiger partial charge in [0, 0.05) is 23.5 Å². The van der Waals surface area contributed by atoms with Crippen molar-refractivity contribution in [2.24, 2.45) is 5.73 Å². The van der Waals surface area contributed by atoms with Crippen LogP contribution in [0.4, 0.5) is 0 Å². The Morgan fingerprint density at radius 1 is 0.952 bits per heavy atom. The summed E-state index contributed by atoms with van der Waals surface area (Å²) in [5.41, 5.74) is 10.1. The van der Waals surface area contributed by atoms with Crippen LogP contribution in [0.3, 0.4) is 0 Å². The normalized spacial score (nSPS) is 14.0. The standard InChI is InChI=1S/C19H20N2/c1-2-15(14-8-4-3-5-9-14)19(20)17-10-6-12-18-16(17)11-7-13-21-18/h3-13,15,19H,2,20H2,1H3. The van der Waals surface area contributed by atoms with Gasteiger partial charge in [0.25, 0.3) is 0 Å². The fourth-order valence-corrected chi connectivity index (χ4v) is 3.03. The highest BCUT2D eigenvalue weighted by atomic mass is 14.7. The third-order valence-electron chi connectivity index (χ3n) is 4.14. The first-order chi connectivity index (χ1) is 10.3. The summed E-state index contributed by atoms with van der Waals surface area (Å²) < 4.78 is 0. The van der Waals surface area contributed by atoms with Crippen molar-refractivity contribution in [3.8, 4) is 0 Å². The topological polar surface area (TPSA) is 38.9 Å². The molecule has 2 aromatic carbocycles. The molecule has 21 heavy (non-hydrogen) atoms. The van der Waals surface area contributed by atoms with Crippen LogP contribution in [0.2, 0.25) is 0 Å². The number of fused-ring (bicyclic) bond motifs is 1. The molecule has 0 aliphatic carbocycles. The number of aromatic nitrogens is 1. The van der Waals surface area contributed by atoms with E-state index in [1.54, 1.807) is 0 Å². The summed E-state index contributed by atoms with van der Waals surface area (Å²) in [6.45, 7) is 2.20. The van der Waals surface area contributed by atoms with Crippen molar-refractivity contribution in [1.29, 1.82) is 0 Å². The molecule has 0 fully saturated rings. The minimum atomic E-state index is -0.0229. The van der Waals surface area contributed by atoms with E-state index in [4.69, 9.17) is 5.73 Å². The second-order valence-electron chi connectivity index (χ2n) is 5.37. The summed E-state index contributed by atoms with van der Waals surface area (Å²) in [6, 6.07) is 20.8. The minimum Gasteiger partial charge on any atom is -0.323 e. The second-order valence-corrected chi connectivity index (χ2v) is 5.37. The predicted octanol–water partition coefficient (Wildman–Crippen LogP) is 4.43. The zero-order chi connectivity index (χ0) is 14.7. The summed E-state index contributed by atoms with van der Waals surface area (Å²) in [5.74, 6) is 0.317. The van der Waals surface area contributed by atoms with Gasteiger partial charge in [-0.2, -0.15) is 0 Å². The number of hydrogen-bond donors (Lipinski definition) is 1. The Hall–Kier alpha value is -2.19. The van der Waals surface area contributed by atoms with E-state index in [2.05, 4.69) is 48.3 Å². The second kappa shape index (κ2) is 6.06. The highest BCUT2D eigenvalue weighted by Crippen LogP contribution is 2.34. The average Bonchev–Trinajstić information content (AvgIpc) is 2.56. The molecule has 3 aromatic rings. The van der Waals surface area contributed by atoms with E-state index in [1.807, 2.05) is 30.5 Å². The van der Waals surface area contributed by atoms with E-state index in [-0.39, 0.29) is 6.04 Å². The van der Waals surface area contributed by atoms with Crippen LogP contribution in [0.5, 0.6) is 0 Å². The van der Waals surface area contributed by atoms with Crippen LogP contribution in [0.25, 0.3) is 10.9 Å². The first kappa shape index (κ1) is 13.8. The van der Waals surface area contributed by atoms with Crippen molar-refractivity contribution in [3.05, 3.63) is 78.0 Å². The molecule has 2 nitrogen and oxygen atoms in total. The van der Waals surface area contributed by atoms with Gasteiger partial charge in [-0.1, -0.05) is 55.5 Å². The molecule has 2 N–H and O–H groups in total. The molecule has 0 bridgehead atoms. The molecule has 2 heteroatoms. The summed E-state index contributed by atoms with van der Waals surface area (Å²) >= 11 is 0. The molecule has 0 spiro atoms. The number of hydrogen-bond acceptors (Lipinski definition) is 2. The Balaban J connectivity index is 2.05. The SMILES string of the molecule is CCC(c1ccccc1)C(N)c1cccc2ncccc12. The Bertz CT molecular complexity index is 716. The Labute approximate surface area is 125 Å². The molecular formula is C19H20N2. The molecule has 0 saturated carbocycles. The molecule has 1 heterocycles. The van der Waals surface area contributed by atoms with Crippen LogP contribution >= 0.6 is 0 Å². The van der Waals surface area contributed by atoms with Crippen LogP contribution < -0.4 is 5.73 Å². The number of rotatable bonds is 4. The van der Waals surface area contributed by atoms with Gasteiger partial charge in [-0.3, -0.25) is 4.98 Å². The monoisotopic (exact) mass is 276 g/mol. The Morgan fingerprint density at radius 3 is 2.52 bits per heavy atom. The third-order valence-corrected chi connectivity index (χ3v) is 4.14. The smallest absolute Gasteiger partial charge is 0.0705 e. The lowest BCUT2D eigenvalue weighted by Crippen LogP contribution is -2.19. The van der Waals surface area contributed by atoms with Crippen LogP contribution in [0.15, 0.2) is 66.9 Å². The van der Waals surface area contributed by atoms with E-state index in [9.17, 15) is 0 Å². The molecular weight excluding hydrogens is 256 g/mol. The van der Waals surface area contributed by atoms with E-state index < -0.39 is 0 Å². The van der Waals surface area contributed by atoms with Crippen molar-refractivity contribution in [2.75, 3.05) is 0 Å².